The molecule has 0 N–H and O–H groups in total. The maximum atomic E-state index is 12.0. The molecule has 1 spiro atoms. The van der Waals surface area contributed by atoms with Crippen LogP contribution >= 0.6 is 0 Å². The molecule has 0 radical (unpaired) electrons. The van der Waals surface area contributed by atoms with Gasteiger partial charge < -0.3 is 14.2 Å². The van der Waals surface area contributed by atoms with Gasteiger partial charge in [-0.05, 0) is 42.7 Å². The number of rotatable bonds is 0. The van der Waals surface area contributed by atoms with Crippen LogP contribution in [0.4, 0.5) is 0 Å². The number of carbonyl (C=O) groups is 1. The highest BCUT2D eigenvalue weighted by atomic mass is 16.7. The molecule has 4 aliphatic rings. The van der Waals surface area contributed by atoms with Crippen LogP contribution in [-0.2, 0) is 19.0 Å². The molecule has 0 aromatic carbocycles. The van der Waals surface area contributed by atoms with Gasteiger partial charge in [0.2, 0.25) is 0 Å². The van der Waals surface area contributed by atoms with Crippen LogP contribution in [0.3, 0.4) is 0 Å². The van der Waals surface area contributed by atoms with E-state index in [1.165, 1.54) is 11.1 Å². The first-order valence-corrected chi connectivity index (χ1v) is 8.17. The van der Waals surface area contributed by atoms with Crippen LogP contribution in [0.5, 0.6) is 0 Å². The highest BCUT2D eigenvalue weighted by molar-refractivity contribution is 5.75. The summed E-state index contributed by atoms with van der Waals surface area (Å²) in [5.41, 5.74) is 2.60. The van der Waals surface area contributed by atoms with Gasteiger partial charge >= 0.3 is 5.97 Å². The van der Waals surface area contributed by atoms with Crippen molar-refractivity contribution in [3.63, 3.8) is 0 Å². The van der Waals surface area contributed by atoms with Crippen LogP contribution in [0.1, 0.15) is 46.5 Å². The SMILES string of the molecule is CC1=C2[C@@H]3OC(=O)[C@@H](C)[C@@H]3CCC2(C)CCC12OCCO2. The molecule has 116 valence electrons. The van der Waals surface area contributed by atoms with Crippen LogP contribution < -0.4 is 0 Å². The van der Waals surface area contributed by atoms with Crippen molar-refractivity contribution >= 4 is 5.97 Å². The summed E-state index contributed by atoms with van der Waals surface area (Å²) in [7, 11) is 0. The van der Waals surface area contributed by atoms with Gasteiger partial charge in [-0.15, -0.1) is 0 Å². The number of hydrogen-bond acceptors (Lipinski definition) is 4. The summed E-state index contributed by atoms with van der Waals surface area (Å²) in [6.07, 6.45) is 4.13. The highest BCUT2D eigenvalue weighted by Crippen LogP contribution is 2.58. The van der Waals surface area contributed by atoms with E-state index in [1.807, 2.05) is 6.92 Å². The van der Waals surface area contributed by atoms with Crippen molar-refractivity contribution in [2.45, 2.75) is 58.3 Å². The molecule has 1 saturated carbocycles. The largest absolute Gasteiger partial charge is 0.457 e. The Labute approximate surface area is 125 Å². The first-order chi connectivity index (χ1) is 9.97. The second-order valence-corrected chi connectivity index (χ2v) is 7.40. The first-order valence-electron chi connectivity index (χ1n) is 8.17. The number of hydrogen-bond donors (Lipinski definition) is 0. The lowest BCUT2D eigenvalue weighted by atomic mass is 9.58. The minimum atomic E-state index is -0.547. The molecule has 3 fully saturated rings. The Bertz CT molecular complexity index is 517. The van der Waals surface area contributed by atoms with Gasteiger partial charge in [-0.25, -0.2) is 0 Å². The average Bonchev–Trinajstić information content (AvgIpc) is 3.03. The molecule has 4 rings (SSSR count). The maximum Gasteiger partial charge on any atom is 0.309 e. The summed E-state index contributed by atoms with van der Waals surface area (Å²) < 4.78 is 17.7. The van der Waals surface area contributed by atoms with Gasteiger partial charge in [0.15, 0.2) is 5.79 Å². The van der Waals surface area contributed by atoms with Gasteiger partial charge in [0.05, 0.1) is 19.1 Å². The lowest BCUT2D eigenvalue weighted by molar-refractivity contribution is -0.151. The molecule has 21 heavy (non-hydrogen) atoms. The van der Waals surface area contributed by atoms with E-state index in [9.17, 15) is 4.79 Å². The van der Waals surface area contributed by atoms with E-state index in [0.29, 0.717) is 19.1 Å². The molecule has 4 heteroatoms. The second-order valence-electron chi connectivity index (χ2n) is 7.40. The molecule has 0 aromatic heterocycles. The molecule has 4 nitrogen and oxygen atoms in total. The zero-order valence-corrected chi connectivity index (χ0v) is 13.1. The maximum absolute atomic E-state index is 12.0. The topological polar surface area (TPSA) is 44.8 Å². The van der Waals surface area contributed by atoms with E-state index in [2.05, 4.69) is 13.8 Å². The molecule has 4 atom stereocenters. The summed E-state index contributed by atoms with van der Waals surface area (Å²) in [6.45, 7) is 7.77. The van der Waals surface area contributed by atoms with Gasteiger partial charge in [-0.2, -0.15) is 0 Å². The summed E-state index contributed by atoms with van der Waals surface area (Å²) in [4.78, 5) is 12.0. The molecular formula is C17H24O4. The molecule has 2 aliphatic carbocycles. The summed E-state index contributed by atoms with van der Waals surface area (Å²) in [6, 6.07) is 0. The summed E-state index contributed by atoms with van der Waals surface area (Å²) >= 11 is 0. The first kappa shape index (κ1) is 13.8. The van der Waals surface area contributed by atoms with Crippen molar-refractivity contribution in [1.82, 2.24) is 0 Å². The van der Waals surface area contributed by atoms with E-state index in [1.54, 1.807) is 0 Å². The molecule has 2 saturated heterocycles. The Morgan fingerprint density at radius 3 is 2.57 bits per heavy atom. The van der Waals surface area contributed by atoms with Crippen LogP contribution in [0.15, 0.2) is 11.1 Å². The van der Waals surface area contributed by atoms with Gasteiger partial charge in [0, 0.05) is 12.3 Å². The smallest absolute Gasteiger partial charge is 0.309 e. The molecular weight excluding hydrogens is 268 g/mol. The predicted molar refractivity (Wildman–Crippen MR) is 76.4 cm³/mol. The molecule has 0 amide bonds. The van der Waals surface area contributed by atoms with Crippen LogP contribution in [0, 0.1) is 17.3 Å². The minimum absolute atomic E-state index is 0.0168. The highest BCUT2D eigenvalue weighted by Gasteiger charge is 2.57. The molecule has 2 heterocycles. The second kappa shape index (κ2) is 4.32. The minimum Gasteiger partial charge on any atom is -0.457 e. The quantitative estimate of drug-likeness (QED) is 0.509. The van der Waals surface area contributed by atoms with Crippen molar-refractivity contribution in [1.29, 1.82) is 0 Å². The van der Waals surface area contributed by atoms with E-state index in [0.717, 1.165) is 25.7 Å². The van der Waals surface area contributed by atoms with Crippen LogP contribution in [-0.4, -0.2) is 31.1 Å². The fourth-order valence-electron chi connectivity index (χ4n) is 4.97. The number of esters is 1. The van der Waals surface area contributed by atoms with Crippen LogP contribution in [0.25, 0.3) is 0 Å². The van der Waals surface area contributed by atoms with Gasteiger partial charge in [0.1, 0.15) is 6.10 Å². The number of ether oxygens (including phenoxy) is 3. The Kier molecular flexibility index (Phi) is 2.84. The van der Waals surface area contributed by atoms with Crippen molar-refractivity contribution < 1.29 is 19.0 Å². The normalized spacial score (nSPS) is 44.7. The van der Waals surface area contributed by atoms with E-state index in [4.69, 9.17) is 14.2 Å². The Morgan fingerprint density at radius 2 is 1.86 bits per heavy atom. The predicted octanol–water partition coefficient (Wildman–Crippen LogP) is 2.82. The van der Waals surface area contributed by atoms with E-state index < -0.39 is 5.79 Å². The zero-order valence-electron chi connectivity index (χ0n) is 13.1. The summed E-state index contributed by atoms with van der Waals surface area (Å²) in [5, 5.41) is 0. The lowest BCUT2D eigenvalue weighted by Crippen LogP contribution is -2.47. The van der Waals surface area contributed by atoms with Crippen molar-refractivity contribution in [2.75, 3.05) is 13.2 Å². The molecule has 1 unspecified atom stereocenters. The third-order valence-corrected chi connectivity index (χ3v) is 6.35. The summed E-state index contributed by atoms with van der Waals surface area (Å²) in [5.74, 6) is -0.243. The standard InChI is InChI=1S/C17H24O4/c1-10-12-4-5-16(3)6-7-17(19-8-9-20-17)11(2)13(16)14(12)21-15(10)18/h10,12,14H,4-9H2,1-3H3/t10-,12-,14+,16?/m0/s1. The number of fused-ring (bicyclic) bond motifs is 3. The van der Waals surface area contributed by atoms with Gasteiger partial charge in [-0.3, -0.25) is 4.79 Å². The molecule has 0 bridgehead atoms. The average molecular weight is 292 g/mol. The van der Waals surface area contributed by atoms with Crippen LogP contribution in [0.2, 0.25) is 0 Å². The fraction of sp³-hybridized carbons (Fsp3) is 0.824. The van der Waals surface area contributed by atoms with Gasteiger partial charge in [0.25, 0.3) is 0 Å². The molecule has 2 aliphatic heterocycles. The van der Waals surface area contributed by atoms with Gasteiger partial charge in [-0.1, -0.05) is 13.8 Å². The Balaban J connectivity index is 1.81. The Morgan fingerprint density at radius 1 is 1.14 bits per heavy atom. The molecule has 0 aromatic rings. The number of carbonyl (C=O) groups excluding carboxylic acids is 1. The Hall–Kier alpha value is -0.870. The van der Waals surface area contributed by atoms with Crippen molar-refractivity contribution in [3.8, 4) is 0 Å². The van der Waals surface area contributed by atoms with Crippen molar-refractivity contribution in [2.24, 2.45) is 17.3 Å². The van der Waals surface area contributed by atoms with Crippen molar-refractivity contribution in [3.05, 3.63) is 11.1 Å². The lowest BCUT2D eigenvalue weighted by Gasteiger charge is -2.50. The zero-order chi connectivity index (χ0) is 14.8. The third-order valence-electron chi connectivity index (χ3n) is 6.35. The van der Waals surface area contributed by atoms with E-state index >= 15 is 0 Å². The third kappa shape index (κ3) is 1.72. The monoisotopic (exact) mass is 292 g/mol. The fourth-order valence-corrected chi connectivity index (χ4v) is 4.97. The van der Waals surface area contributed by atoms with E-state index in [-0.39, 0.29) is 23.4 Å².